The van der Waals surface area contributed by atoms with E-state index in [9.17, 15) is 24.3 Å². The number of carbonyl (C=O) groups excluding carboxylic acids is 3. The average molecular weight is 350 g/mol. The van der Waals surface area contributed by atoms with Crippen molar-refractivity contribution in [2.24, 2.45) is 0 Å². The molecule has 9 heteroatoms. The topological polar surface area (TPSA) is 142 Å². The molecule has 0 bridgehead atoms. The summed E-state index contributed by atoms with van der Waals surface area (Å²) >= 11 is 0. The molecule has 2 rings (SSSR count). The van der Waals surface area contributed by atoms with Crippen LogP contribution in [-0.4, -0.2) is 52.5 Å². The Kier molecular flexibility index (Phi) is 5.71. The van der Waals surface area contributed by atoms with E-state index in [1.807, 2.05) is 0 Å². The summed E-state index contributed by atoms with van der Waals surface area (Å²) in [5, 5.41) is 22.9. The zero-order valence-corrected chi connectivity index (χ0v) is 13.4. The maximum absolute atomic E-state index is 12.2. The van der Waals surface area contributed by atoms with Gasteiger partial charge in [0, 0.05) is 18.4 Å². The van der Waals surface area contributed by atoms with Crippen molar-refractivity contribution in [2.75, 3.05) is 11.9 Å². The van der Waals surface area contributed by atoms with Crippen molar-refractivity contribution < 1.29 is 34.1 Å². The van der Waals surface area contributed by atoms with Gasteiger partial charge in [-0.2, -0.15) is 0 Å². The van der Waals surface area contributed by atoms with Crippen LogP contribution in [0.15, 0.2) is 18.2 Å². The SMILES string of the molecule is CC(O)C(NC(=O)CCC(=O)c1ccc2c(c1)NC(=O)CO2)C(=O)O. The number of aliphatic hydroxyl groups is 1. The van der Waals surface area contributed by atoms with Crippen molar-refractivity contribution in [3.63, 3.8) is 0 Å². The summed E-state index contributed by atoms with van der Waals surface area (Å²) in [5.41, 5.74) is 0.675. The highest BCUT2D eigenvalue weighted by Crippen LogP contribution is 2.28. The fourth-order valence-electron chi connectivity index (χ4n) is 2.26. The minimum atomic E-state index is -1.43. The highest BCUT2D eigenvalue weighted by atomic mass is 16.5. The summed E-state index contributed by atoms with van der Waals surface area (Å²) in [6.45, 7) is 1.15. The molecule has 0 saturated carbocycles. The van der Waals surface area contributed by atoms with E-state index >= 15 is 0 Å². The number of carbonyl (C=O) groups is 4. The fraction of sp³-hybridized carbons (Fsp3) is 0.375. The van der Waals surface area contributed by atoms with Gasteiger partial charge in [0.1, 0.15) is 5.75 Å². The minimum Gasteiger partial charge on any atom is -0.482 e. The summed E-state index contributed by atoms with van der Waals surface area (Å²) in [5.74, 6) is -2.23. The molecule has 0 spiro atoms. The van der Waals surface area contributed by atoms with Gasteiger partial charge in [-0.1, -0.05) is 0 Å². The maximum atomic E-state index is 12.2. The van der Waals surface area contributed by atoms with Crippen molar-refractivity contribution in [3.05, 3.63) is 23.8 Å². The van der Waals surface area contributed by atoms with Crippen LogP contribution in [0.5, 0.6) is 5.75 Å². The van der Waals surface area contributed by atoms with Gasteiger partial charge in [0.25, 0.3) is 5.91 Å². The third kappa shape index (κ3) is 4.77. The second kappa shape index (κ2) is 7.75. The monoisotopic (exact) mass is 350 g/mol. The van der Waals surface area contributed by atoms with E-state index in [0.717, 1.165) is 0 Å². The number of aliphatic carboxylic acids is 1. The molecule has 2 unspecified atom stereocenters. The number of carboxylic acid groups (broad SMARTS) is 1. The van der Waals surface area contributed by atoms with Crippen molar-refractivity contribution in [1.82, 2.24) is 5.32 Å². The Bertz CT molecular complexity index is 714. The number of fused-ring (bicyclic) bond motifs is 1. The zero-order chi connectivity index (χ0) is 18.6. The highest BCUT2D eigenvalue weighted by molar-refractivity contribution is 6.01. The fourth-order valence-corrected chi connectivity index (χ4v) is 2.26. The van der Waals surface area contributed by atoms with Gasteiger partial charge >= 0.3 is 5.97 Å². The van der Waals surface area contributed by atoms with E-state index in [4.69, 9.17) is 9.84 Å². The molecule has 2 amide bonds. The van der Waals surface area contributed by atoms with Crippen LogP contribution in [-0.2, 0) is 14.4 Å². The molecule has 0 saturated heterocycles. The maximum Gasteiger partial charge on any atom is 0.328 e. The van der Waals surface area contributed by atoms with Crippen LogP contribution in [0.25, 0.3) is 0 Å². The number of rotatable bonds is 7. The Labute approximate surface area is 143 Å². The van der Waals surface area contributed by atoms with Crippen LogP contribution < -0.4 is 15.4 Å². The van der Waals surface area contributed by atoms with Gasteiger partial charge in [0.15, 0.2) is 18.4 Å². The van der Waals surface area contributed by atoms with Crippen LogP contribution in [0.1, 0.15) is 30.1 Å². The van der Waals surface area contributed by atoms with E-state index in [2.05, 4.69) is 10.6 Å². The lowest BCUT2D eigenvalue weighted by atomic mass is 10.0. The van der Waals surface area contributed by atoms with Gasteiger partial charge in [-0.25, -0.2) is 4.79 Å². The first-order valence-corrected chi connectivity index (χ1v) is 7.58. The van der Waals surface area contributed by atoms with Gasteiger partial charge in [0.2, 0.25) is 5.91 Å². The lowest BCUT2D eigenvalue weighted by molar-refractivity contribution is -0.144. The summed E-state index contributed by atoms with van der Waals surface area (Å²) < 4.78 is 5.19. The predicted molar refractivity (Wildman–Crippen MR) is 85.4 cm³/mol. The molecule has 1 aromatic rings. The third-order valence-corrected chi connectivity index (χ3v) is 3.58. The van der Waals surface area contributed by atoms with E-state index in [0.29, 0.717) is 17.0 Å². The molecule has 25 heavy (non-hydrogen) atoms. The number of hydrogen-bond acceptors (Lipinski definition) is 6. The first kappa shape index (κ1) is 18.4. The molecular weight excluding hydrogens is 332 g/mol. The quantitative estimate of drug-likeness (QED) is 0.504. The Morgan fingerprint density at radius 3 is 2.68 bits per heavy atom. The molecule has 4 N–H and O–H groups in total. The van der Waals surface area contributed by atoms with Gasteiger partial charge in [0.05, 0.1) is 11.8 Å². The number of nitrogens with one attached hydrogen (secondary N) is 2. The smallest absolute Gasteiger partial charge is 0.328 e. The van der Waals surface area contributed by atoms with Gasteiger partial charge in [-0.05, 0) is 25.1 Å². The lowest BCUT2D eigenvalue weighted by Crippen LogP contribution is -2.47. The van der Waals surface area contributed by atoms with Gasteiger partial charge in [-0.15, -0.1) is 0 Å². The number of ketones is 1. The number of benzene rings is 1. The highest BCUT2D eigenvalue weighted by Gasteiger charge is 2.25. The predicted octanol–water partition coefficient (Wildman–Crippen LogP) is -0.0694. The molecule has 1 heterocycles. The van der Waals surface area contributed by atoms with Gasteiger partial charge in [-0.3, -0.25) is 14.4 Å². The molecule has 1 aliphatic heterocycles. The zero-order valence-electron chi connectivity index (χ0n) is 13.4. The first-order valence-electron chi connectivity index (χ1n) is 7.58. The minimum absolute atomic E-state index is 0.0888. The number of ether oxygens (including phenoxy) is 1. The van der Waals surface area contributed by atoms with Crippen LogP contribution in [0.4, 0.5) is 5.69 Å². The Morgan fingerprint density at radius 1 is 1.32 bits per heavy atom. The number of anilines is 1. The number of hydrogen-bond donors (Lipinski definition) is 4. The largest absolute Gasteiger partial charge is 0.482 e. The van der Waals surface area contributed by atoms with Crippen LogP contribution in [0.3, 0.4) is 0 Å². The summed E-state index contributed by atoms with van der Waals surface area (Å²) in [6, 6.07) is 3.10. The Hall–Kier alpha value is -2.94. The second-order valence-electron chi connectivity index (χ2n) is 5.59. The summed E-state index contributed by atoms with van der Waals surface area (Å²) in [4.78, 5) is 46.1. The average Bonchev–Trinajstić information content (AvgIpc) is 2.56. The molecular formula is C16H18N2O7. The molecule has 0 aromatic heterocycles. The van der Waals surface area contributed by atoms with Crippen molar-refractivity contribution >= 4 is 29.3 Å². The summed E-state index contributed by atoms with van der Waals surface area (Å²) in [7, 11) is 0. The van der Waals surface area contributed by atoms with E-state index < -0.39 is 24.0 Å². The number of amides is 2. The molecule has 0 fully saturated rings. The van der Waals surface area contributed by atoms with Crippen LogP contribution in [0.2, 0.25) is 0 Å². The van der Waals surface area contributed by atoms with E-state index in [-0.39, 0.29) is 31.1 Å². The number of aliphatic hydroxyl groups excluding tert-OH is 1. The first-order chi connectivity index (χ1) is 11.8. The molecule has 0 aliphatic carbocycles. The lowest BCUT2D eigenvalue weighted by Gasteiger charge is -2.18. The molecule has 1 aromatic carbocycles. The van der Waals surface area contributed by atoms with Crippen molar-refractivity contribution in [3.8, 4) is 5.75 Å². The van der Waals surface area contributed by atoms with E-state index in [1.54, 1.807) is 6.07 Å². The normalized spacial score (nSPS) is 15.2. The number of carboxylic acids is 1. The second-order valence-corrected chi connectivity index (χ2v) is 5.59. The molecule has 0 radical (unpaired) electrons. The molecule has 9 nitrogen and oxygen atoms in total. The van der Waals surface area contributed by atoms with Crippen LogP contribution in [0, 0.1) is 0 Å². The van der Waals surface area contributed by atoms with Gasteiger partial charge < -0.3 is 25.6 Å². The Balaban J connectivity index is 1.94. The molecule has 2 atom stereocenters. The van der Waals surface area contributed by atoms with Crippen molar-refractivity contribution in [1.29, 1.82) is 0 Å². The summed E-state index contributed by atoms with van der Waals surface area (Å²) in [6.07, 6.45) is -1.64. The third-order valence-electron chi connectivity index (χ3n) is 3.58. The molecule has 1 aliphatic rings. The molecule has 134 valence electrons. The van der Waals surface area contributed by atoms with Crippen LogP contribution >= 0.6 is 0 Å². The van der Waals surface area contributed by atoms with Crippen molar-refractivity contribution in [2.45, 2.75) is 31.9 Å². The number of Topliss-reactive ketones (excluding diaryl/α,β-unsaturated/α-hetero) is 1. The Morgan fingerprint density at radius 2 is 2.04 bits per heavy atom. The standard InChI is InChI=1S/C16H18N2O7/c1-8(19)15(16(23)24)18-13(21)5-3-11(20)9-2-4-12-10(6-9)17-14(22)7-25-12/h2,4,6,8,15,19H,3,5,7H2,1H3,(H,17,22)(H,18,21)(H,23,24). The van der Waals surface area contributed by atoms with E-state index in [1.165, 1.54) is 19.1 Å².